The molecule has 4 heterocycles. The molecule has 4 aromatic rings. The van der Waals surface area contributed by atoms with Crippen LogP contribution in [-0.2, 0) is 6.42 Å². The van der Waals surface area contributed by atoms with Gasteiger partial charge in [-0.2, -0.15) is 0 Å². The highest BCUT2D eigenvalue weighted by atomic mass is 35.5. The minimum Gasteiger partial charge on any atom is -0.300 e. The number of hydrogen-bond donors (Lipinski definition) is 0. The Morgan fingerprint density at radius 2 is 1.84 bits per heavy atom. The number of pyridine rings is 2. The maximum absolute atomic E-state index is 6.03. The molecular weight excluding hydrogens is 447 g/mol. The van der Waals surface area contributed by atoms with E-state index in [9.17, 15) is 0 Å². The van der Waals surface area contributed by atoms with Crippen molar-refractivity contribution >= 4 is 45.4 Å². The van der Waals surface area contributed by atoms with Crippen LogP contribution >= 0.6 is 34.5 Å². The quantitative estimate of drug-likeness (QED) is 0.303. The van der Waals surface area contributed by atoms with Crippen molar-refractivity contribution in [3.05, 3.63) is 63.7 Å². The molecule has 0 radical (unpaired) electrons. The number of thiazole rings is 1. The third-order valence-corrected chi connectivity index (χ3v) is 7.19. The summed E-state index contributed by atoms with van der Waals surface area (Å²) >= 11 is 13.6. The minimum absolute atomic E-state index is 0.359. The van der Waals surface area contributed by atoms with E-state index in [0.29, 0.717) is 16.3 Å². The highest BCUT2D eigenvalue weighted by molar-refractivity contribution is 7.13. The number of halogens is 2. The van der Waals surface area contributed by atoms with Crippen LogP contribution in [0.25, 0.3) is 32.9 Å². The van der Waals surface area contributed by atoms with Gasteiger partial charge in [-0.05, 0) is 68.6 Å². The van der Waals surface area contributed by atoms with E-state index in [1.54, 1.807) is 23.5 Å². The molecule has 31 heavy (non-hydrogen) atoms. The molecule has 1 atom stereocenters. The fourth-order valence-electron chi connectivity index (χ4n) is 4.18. The molecule has 1 aromatic carbocycles. The van der Waals surface area contributed by atoms with Crippen LogP contribution in [0.3, 0.4) is 0 Å². The van der Waals surface area contributed by atoms with Gasteiger partial charge in [0.2, 0.25) is 0 Å². The number of nitrogens with zero attached hydrogens (tertiary/aromatic N) is 4. The Balaban J connectivity index is 1.36. The third-order valence-electron chi connectivity index (χ3n) is 5.91. The Labute approximate surface area is 195 Å². The van der Waals surface area contributed by atoms with Crippen LogP contribution in [0.5, 0.6) is 0 Å². The van der Waals surface area contributed by atoms with E-state index in [0.717, 1.165) is 40.4 Å². The molecule has 0 spiro atoms. The SMILES string of the molecule is C[C@@H]1CCCN1CCc1ccc2nc(-c3csc(-c4cc(Cl)nc(Cl)c4)n3)ccc2c1. The fraction of sp³-hybridized carbons (Fsp3) is 0.292. The molecule has 3 aromatic heterocycles. The number of aromatic nitrogens is 3. The van der Waals surface area contributed by atoms with Crippen LogP contribution in [0.4, 0.5) is 0 Å². The predicted molar refractivity (Wildman–Crippen MR) is 130 cm³/mol. The lowest BCUT2D eigenvalue weighted by Crippen LogP contribution is -2.28. The van der Waals surface area contributed by atoms with Gasteiger partial charge in [-0.3, -0.25) is 0 Å². The third kappa shape index (κ3) is 4.60. The first-order valence-corrected chi connectivity index (χ1v) is 12.1. The topological polar surface area (TPSA) is 41.9 Å². The number of benzene rings is 1. The Hall–Kier alpha value is -2.05. The first-order valence-electron chi connectivity index (χ1n) is 10.5. The first kappa shape index (κ1) is 20.8. The second-order valence-electron chi connectivity index (χ2n) is 8.04. The summed E-state index contributed by atoms with van der Waals surface area (Å²) in [5.41, 5.74) is 4.92. The number of likely N-dealkylation sites (tertiary alicyclic amines) is 1. The Kier molecular flexibility index (Phi) is 5.93. The highest BCUT2D eigenvalue weighted by Crippen LogP contribution is 2.31. The average molecular weight is 469 g/mol. The number of hydrogen-bond acceptors (Lipinski definition) is 5. The molecule has 1 fully saturated rings. The van der Waals surface area contributed by atoms with Gasteiger partial charge in [0, 0.05) is 28.9 Å². The van der Waals surface area contributed by atoms with Crippen molar-refractivity contribution in [1.82, 2.24) is 19.9 Å². The van der Waals surface area contributed by atoms with Crippen molar-refractivity contribution in [2.24, 2.45) is 0 Å². The minimum atomic E-state index is 0.359. The van der Waals surface area contributed by atoms with Gasteiger partial charge in [-0.25, -0.2) is 15.0 Å². The van der Waals surface area contributed by atoms with E-state index in [-0.39, 0.29) is 0 Å². The summed E-state index contributed by atoms with van der Waals surface area (Å²) in [5, 5.41) is 4.74. The second kappa shape index (κ2) is 8.83. The molecule has 7 heteroatoms. The van der Waals surface area contributed by atoms with Crippen molar-refractivity contribution in [2.75, 3.05) is 13.1 Å². The number of rotatable bonds is 5. The summed E-state index contributed by atoms with van der Waals surface area (Å²) in [6.07, 6.45) is 3.73. The monoisotopic (exact) mass is 468 g/mol. The van der Waals surface area contributed by atoms with Gasteiger partial charge >= 0.3 is 0 Å². The maximum atomic E-state index is 6.03. The second-order valence-corrected chi connectivity index (χ2v) is 9.67. The van der Waals surface area contributed by atoms with Gasteiger partial charge in [0.15, 0.2) is 0 Å². The van der Waals surface area contributed by atoms with E-state index >= 15 is 0 Å². The zero-order chi connectivity index (χ0) is 21.4. The van der Waals surface area contributed by atoms with Crippen LogP contribution in [0, 0.1) is 0 Å². The van der Waals surface area contributed by atoms with Crippen molar-refractivity contribution < 1.29 is 0 Å². The van der Waals surface area contributed by atoms with Gasteiger partial charge in [0.05, 0.1) is 11.2 Å². The van der Waals surface area contributed by atoms with Crippen molar-refractivity contribution in [1.29, 1.82) is 0 Å². The molecular formula is C24H22Cl2N4S. The Bertz CT molecular complexity index is 1220. The van der Waals surface area contributed by atoms with Crippen molar-refractivity contribution in [3.63, 3.8) is 0 Å². The molecule has 1 aliphatic heterocycles. The van der Waals surface area contributed by atoms with Gasteiger partial charge in [0.1, 0.15) is 21.0 Å². The standard InChI is InChI=1S/C24H22Cl2N4S/c1-15-3-2-9-30(15)10-8-16-4-6-19-17(11-16)5-7-20(27-19)21-14-31-24(28-21)18-12-22(25)29-23(26)13-18/h4-7,11-15H,2-3,8-10H2,1H3/t15-/m1/s1. The van der Waals surface area contributed by atoms with Crippen LogP contribution in [0.2, 0.25) is 10.3 Å². The normalized spacial score (nSPS) is 16.9. The van der Waals surface area contributed by atoms with Gasteiger partial charge in [0.25, 0.3) is 0 Å². The smallest absolute Gasteiger partial charge is 0.131 e. The Morgan fingerprint density at radius 3 is 2.61 bits per heavy atom. The van der Waals surface area contributed by atoms with Crippen LogP contribution < -0.4 is 0 Å². The zero-order valence-electron chi connectivity index (χ0n) is 17.2. The van der Waals surface area contributed by atoms with E-state index in [2.05, 4.69) is 41.1 Å². The van der Waals surface area contributed by atoms with Gasteiger partial charge < -0.3 is 4.90 Å². The van der Waals surface area contributed by atoms with Crippen LogP contribution in [0.1, 0.15) is 25.3 Å². The maximum Gasteiger partial charge on any atom is 0.131 e. The predicted octanol–water partition coefficient (Wildman–Crippen LogP) is 6.75. The fourth-order valence-corrected chi connectivity index (χ4v) is 5.45. The molecule has 1 aliphatic rings. The van der Waals surface area contributed by atoms with Crippen LogP contribution in [0.15, 0.2) is 47.8 Å². The molecule has 158 valence electrons. The Morgan fingerprint density at radius 1 is 1.00 bits per heavy atom. The zero-order valence-corrected chi connectivity index (χ0v) is 19.5. The molecule has 1 saturated heterocycles. The first-order chi connectivity index (χ1) is 15.0. The van der Waals surface area contributed by atoms with Gasteiger partial charge in [-0.1, -0.05) is 35.3 Å². The lowest BCUT2D eigenvalue weighted by molar-refractivity contribution is 0.272. The van der Waals surface area contributed by atoms with Crippen LogP contribution in [-0.4, -0.2) is 39.0 Å². The molecule has 0 aliphatic carbocycles. The number of fused-ring (bicyclic) bond motifs is 1. The molecule has 4 nitrogen and oxygen atoms in total. The molecule has 0 bridgehead atoms. The van der Waals surface area contributed by atoms with E-state index < -0.39 is 0 Å². The average Bonchev–Trinajstić information content (AvgIpc) is 3.40. The van der Waals surface area contributed by atoms with E-state index in [4.69, 9.17) is 33.2 Å². The lowest BCUT2D eigenvalue weighted by Gasteiger charge is -2.20. The summed E-state index contributed by atoms with van der Waals surface area (Å²) < 4.78 is 0. The molecule has 0 unspecified atom stereocenters. The van der Waals surface area contributed by atoms with Crippen molar-refractivity contribution in [2.45, 2.75) is 32.2 Å². The largest absolute Gasteiger partial charge is 0.300 e. The summed E-state index contributed by atoms with van der Waals surface area (Å²) in [6, 6.07) is 15.0. The molecule has 0 N–H and O–H groups in total. The highest BCUT2D eigenvalue weighted by Gasteiger charge is 2.19. The summed E-state index contributed by atoms with van der Waals surface area (Å²) in [5.74, 6) is 0. The lowest BCUT2D eigenvalue weighted by atomic mass is 10.1. The summed E-state index contributed by atoms with van der Waals surface area (Å²) in [6.45, 7) is 4.69. The van der Waals surface area contributed by atoms with Gasteiger partial charge in [-0.15, -0.1) is 11.3 Å². The summed E-state index contributed by atoms with van der Waals surface area (Å²) in [7, 11) is 0. The van der Waals surface area contributed by atoms with Crippen molar-refractivity contribution in [3.8, 4) is 22.0 Å². The molecule has 0 amide bonds. The van der Waals surface area contributed by atoms with E-state index in [1.165, 1.54) is 30.3 Å². The molecule has 0 saturated carbocycles. The summed E-state index contributed by atoms with van der Waals surface area (Å²) in [4.78, 5) is 16.2. The molecule has 5 rings (SSSR count). The van der Waals surface area contributed by atoms with E-state index in [1.807, 2.05) is 11.4 Å².